The van der Waals surface area contributed by atoms with E-state index < -0.39 is 0 Å². The number of anilines is 1. The topological polar surface area (TPSA) is 77.2 Å². The van der Waals surface area contributed by atoms with Crippen molar-refractivity contribution >= 4 is 11.7 Å². The molecule has 3 N–H and O–H groups in total. The summed E-state index contributed by atoms with van der Waals surface area (Å²) in [6.45, 7) is 1.28. The van der Waals surface area contributed by atoms with E-state index in [9.17, 15) is 4.79 Å². The molecule has 0 aromatic carbocycles. The van der Waals surface area contributed by atoms with Gasteiger partial charge in [-0.05, 0) is 18.6 Å². The number of ether oxygens (including phenoxy) is 1. The number of carbonyl (C=O) groups is 1. The first kappa shape index (κ1) is 9.92. The summed E-state index contributed by atoms with van der Waals surface area (Å²) in [5.74, 6) is 0.0741. The molecule has 1 aliphatic heterocycles. The SMILES string of the molecule is Nc1ncccc1C(=O)NC1CCOC1. The summed E-state index contributed by atoms with van der Waals surface area (Å²) in [6.07, 6.45) is 2.41. The maximum Gasteiger partial charge on any atom is 0.255 e. The molecule has 5 heteroatoms. The Kier molecular flexibility index (Phi) is 2.82. The molecule has 0 aliphatic carbocycles. The van der Waals surface area contributed by atoms with Gasteiger partial charge in [0.2, 0.25) is 0 Å². The van der Waals surface area contributed by atoms with Gasteiger partial charge in [0, 0.05) is 12.8 Å². The molecule has 2 rings (SSSR count). The van der Waals surface area contributed by atoms with Crippen molar-refractivity contribution in [3.63, 3.8) is 0 Å². The minimum Gasteiger partial charge on any atom is -0.383 e. The minimum atomic E-state index is -0.184. The molecule has 80 valence electrons. The van der Waals surface area contributed by atoms with Crippen molar-refractivity contribution in [3.05, 3.63) is 23.9 Å². The summed E-state index contributed by atoms with van der Waals surface area (Å²) < 4.78 is 5.16. The van der Waals surface area contributed by atoms with Crippen LogP contribution in [0.3, 0.4) is 0 Å². The van der Waals surface area contributed by atoms with Crippen LogP contribution < -0.4 is 11.1 Å². The first-order valence-electron chi connectivity index (χ1n) is 4.86. The molecule has 1 aromatic rings. The Bertz CT molecular complexity index is 361. The van der Waals surface area contributed by atoms with E-state index in [-0.39, 0.29) is 17.8 Å². The van der Waals surface area contributed by atoms with Gasteiger partial charge < -0.3 is 15.8 Å². The summed E-state index contributed by atoms with van der Waals surface area (Å²) >= 11 is 0. The number of hydrogen-bond donors (Lipinski definition) is 2. The van der Waals surface area contributed by atoms with E-state index in [1.54, 1.807) is 18.3 Å². The largest absolute Gasteiger partial charge is 0.383 e. The number of hydrogen-bond acceptors (Lipinski definition) is 4. The molecule has 1 aliphatic rings. The standard InChI is InChI=1S/C10H13N3O2/c11-9-8(2-1-4-12-9)10(14)13-7-3-5-15-6-7/h1-2,4,7H,3,5-6H2,(H2,11,12)(H,13,14). The lowest BCUT2D eigenvalue weighted by molar-refractivity contribution is 0.0930. The second-order valence-electron chi connectivity index (χ2n) is 3.47. The van der Waals surface area contributed by atoms with Crippen LogP contribution in [0.25, 0.3) is 0 Å². The monoisotopic (exact) mass is 207 g/mol. The number of nitrogen functional groups attached to an aromatic ring is 1. The zero-order valence-corrected chi connectivity index (χ0v) is 8.27. The van der Waals surface area contributed by atoms with Crippen molar-refractivity contribution in [1.29, 1.82) is 0 Å². The third-order valence-corrected chi connectivity index (χ3v) is 2.35. The first-order valence-corrected chi connectivity index (χ1v) is 4.86. The summed E-state index contributed by atoms with van der Waals surface area (Å²) in [5, 5.41) is 2.85. The number of rotatable bonds is 2. The Morgan fingerprint density at radius 2 is 2.53 bits per heavy atom. The summed E-state index contributed by atoms with van der Waals surface area (Å²) in [6, 6.07) is 3.45. The van der Waals surface area contributed by atoms with Gasteiger partial charge in [0.1, 0.15) is 5.82 Å². The highest BCUT2D eigenvalue weighted by Crippen LogP contribution is 2.09. The molecule has 1 aromatic heterocycles. The number of nitrogens with zero attached hydrogens (tertiary/aromatic N) is 1. The van der Waals surface area contributed by atoms with Gasteiger partial charge in [0.05, 0.1) is 18.2 Å². The molecule has 5 nitrogen and oxygen atoms in total. The van der Waals surface area contributed by atoms with E-state index >= 15 is 0 Å². The molecule has 0 saturated carbocycles. The first-order chi connectivity index (χ1) is 7.27. The predicted molar refractivity (Wildman–Crippen MR) is 55.3 cm³/mol. The maximum absolute atomic E-state index is 11.7. The van der Waals surface area contributed by atoms with Crippen molar-refractivity contribution < 1.29 is 9.53 Å². The number of carbonyl (C=O) groups excluding carboxylic acids is 1. The van der Waals surface area contributed by atoms with E-state index in [2.05, 4.69) is 10.3 Å². The van der Waals surface area contributed by atoms with Crippen LogP contribution in [-0.4, -0.2) is 30.1 Å². The second-order valence-corrected chi connectivity index (χ2v) is 3.47. The maximum atomic E-state index is 11.7. The number of amides is 1. The molecule has 0 spiro atoms. The van der Waals surface area contributed by atoms with E-state index in [0.717, 1.165) is 6.42 Å². The third-order valence-electron chi connectivity index (χ3n) is 2.35. The lowest BCUT2D eigenvalue weighted by atomic mass is 10.2. The summed E-state index contributed by atoms with van der Waals surface area (Å²) in [7, 11) is 0. The third kappa shape index (κ3) is 2.24. The zero-order valence-electron chi connectivity index (χ0n) is 8.27. The van der Waals surface area contributed by atoms with Crippen molar-refractivity contribution in [2.45, 2.75) is 12.5 Å². The smallest absolute Gasteiger partial charge is 0.255 e. The lowest BCUT2D eigenvalue weighted by Gasteiger charge is -2.11. The van der Waals surface area contributed by atoms with E-state index in [4.69, 9.17) is 10.5 Å². The summed E-state index contributed by atoms with van der Waals surface area (Å²) in [5.41, 5.74) is 6.01. The highest BCUT2D eigenvalue weighted by molar-refractivity contribution is 5.98. The fourth-order valence-electron chi connectivity index (χ4n) is 1.52. The van der Waals surface area contributed by atoms with Crippen LogP contribution >= 0.6 is 0 Å². The Labute approximate surface area is 87.6 Å². The number of aromatic nitrogens is 1. The van der Waals surface area contributed by atoms with E-state index in [1.165, 1.54) is 0 Å². The molecule has 0 radical (unpaired) electrons. The fraction of sp³-hybridized carbons (Fsp3) is 0.400. The zero-order chi connectivity index (χ0) is 10.7. The molecule has 15 heavy (non-hydrogen) atoms. The van der Waals surface area contributed by atoms with Gasteiger partial charge in [0.25, 0.3) is 5.91 Å². The van der Waals surface area contributed by atoms with E-state index in [1.807, 2.05) is 0 Å². The van der Waals surface area contributed by atoms with Gasteiger partial charge in [0.15, 0.2) is 0 Å². The number of pyridine rings is 1. The van der Waals surface area contributed by atoms with Gasteiger partial charge in [-0.1, -0.05) is 0 Å². The van der Waals surface area contributed by atoms with Crippen LogP contribution in [0.1, 0.15) is 16.8 Å². The molecule has 1 fully saturated rings. The Morgan fingerprint density at radius 3 is 3.20 bits per heavy atom. The average Bonchev–Trinajstić information content (AvgIpc) is 2.71. The normalized spacial score (nSPS) is 20.1. The minimum absolute atomic E-state index is 0.0945. The van der Waals surface area contributed by atoms with Crippen molar-refractivity contribution in [2.75, 3.05) is 18.9 Å². The van der Waals surface area contributed by atoms with Gasteiger partial charge >= 0.3 is 0 Å². The number of nitrogens with one attached hydrogen (secondary N) is 1. The molecule has 2 heterocycles. The van der Waals surface area contributed by atoms with E-state index in [0.29, 0.717) is 18.8 Å². The highest BCUT2D eigenvalue weighted by Gasteiger charge is 2.19. The number of nitrogens with two attached hydrogens (primary N) is 1. The predicted octanol–water partition coefficient (Wildman–Crippen LogP) is 0.182. The molecule has 1 unspecified atom stereocenters. The van der Waals surface area contributed by atoms with Crippen LogP contribution in [-0.2, 0) is 4.74 Å². The molecule has 0 bridgehead atoms. The van der Waals surface area contributed by atoms with Crippen molar-refractivity contribution in [1.82, 2.24) is 10.3 Å². The van der Waals surface area contributed by atoms with Gasteiger partial charge in [-0.3, -0.25) is 4.79 Å². The van der Waals surface area contributed by atoms with Crippen LogP contribution in [0.2, 0.25) is 0 Å². The van der Waals surface area contributed by atoms with Crippen molar-refractivity contribution in [2.24, 2.45) is 0 Å². The fourth-order valence-corrected chi connectivity index (χ4v) is 1.52. The Morgan fingerprint density at radius 1 is 1.67 bits per heavy atom. The molecular formula is C10H13N3O2. The van der Waals surface area contributed by atoms with Crippen LogP contribution in [0.4, 0.5) is 5.82 Å². The van der Waals surface area contributed by atoms with Gasteiger partial charge in [-0.25, -0.2) is 4.98 Å². The Balaban J connectivity index is 2.04. The van der Waals surface area contributed by atoms with Crippen LogP contribution in [0.15, 0.2) is 18.3 Å². The molecule has 1 atom stereocenters. The Hall–Kier alpha value is -1.62. The van der Waals surface area contributed by atoms with Gasteiger partial charge in [-0.2, -0.15) is 0 Å². The van der Waals surface area contributed by atoms with Crippen LogP contribution in [0, 0.1) is 0 Å². The lowest BCUT2D eigenvalue weighted by Crippen LogP contribution is -2.35. The van der Waals surface area contributed by atoms with Gasteiger partial charge in [-0.15, -0.1) is 0 Å². The summed E-state index contributed by atoms with van der Waals surface area (Å²) in [4.78, 5) is 15.6. The molecular weight excluding hydrogens is 194 g/mol. The quantitative estimate of drug-likeness (QED) is 0.725. The second kappa shape index (κ2) is 4.27. The van der Waals surface area contributed by atoms with Crippen molar-refractivity contribution in [3.8, 4) is 0 Å². The molecule has 1 amide bonds. The van der Waals surface area contributed by atoms with Crippen LogP contribution in [0.5, 0.6) is 0 Å². The average molecular weight is 207 g/mol. The molecule has 1 saturated heterocycles. The highest BCUT2D eigenvalue weighted by atomic mass is 16.5.